The van der Waals surface area contributed by atoms with E-state index in [-0.39, 0.29) is 17.2 Å². The number of aromatic nitrogens is 2. The van der Waals surface area contributed by atoms with E-state index in [0.717, 1.165) is 44.5 Å². The van der Waals surface area contributed by atoms with E-state index in [1.54, 1.807) is 16.1 Å². The Morgan fingerprint density at radius 3 is 2.85 bits per heavy atom. The first-order chi connectivity index (χ1) is 12.4. The van der Waals surface area contributed by atoms with Gasteiger partial charge >= 0.3 is 4.87 Å². The molecule has 0 saturated carbocycles. The Morgan fingerprint density at radius 2 is 2.15 bits per heavy atom. The Labute approximate surface area is 164 Å². The predicted octanol–water partition coefficient (Wildman–Crippen LogP) is 4.26. The van der Waals surface area contributed by atoms with Crippen LogP contribution in [0.4, 0.5) is 5.13 Å². The highest BCUT2D eigenvalue weighted by Gasteiger charge is 2.10. The van der Waals surface area contributed by atoms with Crippen LogP contribution < -0.4 is 10.2 Å². The van der Waals surface area contributed by atoms with Gasteiger partial charge in [-0.1, -0.05) is 35.1 Å². The van der Waals surface area contributed by atoms with Gasteiger partial charge < -0.3 is 9.88 Å². The zero-order valence-corrected chi connectivity index (χ0v) is 16.8. The first kappa shape index (κ1) is 18.8. The lowest BCUT2D eigenvalue weighted by molar-refractivity contribution is -0.116. The molecule has 0 aliphatic rings. The molecule has 26 heavy (non-hydrogen) atoms. The van der Waals surface area contributed by atoms with Crippen LogP contribution in [-0.4, -0.2) is 15.5 Å². The number of nitrogens with zero attached hydrogens (tertiary/aromatic N) is 2. The molecule has 0 aliphatic carbocycles. The molecule has 0 fully saturated rings. The second-order valence-electron chi connectivity index (χ2n) is 5.98. The smallest absolute Gasteiger partial charge is 0.303 e. The standard InChI is InChI=1S/C18H18ClN3O2S2/c1-11-3-4-13(8-15(11)19)7-14-9-20-17(26-14)21-16(23)5-6-22-12(2)10-25-18(22)24/h3-4,8-10H,5-7H2,1-2H3,(H,20,21,23). The van der Waals surface area contributed by atoms with Gasteiger partial charge in [0.05, 0.1) is 0 Å². The minimum atomic E-state index is -0.151. The summed E-state index contributed by atoms with van der Waals surface area (Å²) in [5, 5.41) is 5.91. The van der Waals surface area contributed by atoms with Crippen molar-refractivity contribution in [2.75, 3.05) is 5.32 Å². The monoisotopic (exact) mass is 407 g/mol. The first-order valence-corrected chi connectivity index (χ1v) is 10.1. The van der Waals surface area contributed by atoms with E-state index in [1.165, 1.54) is 11.3 Å². The Bertz CT molecular complexity index is 990. The van der Waals surface area contributed by atoms with Gasteiger partial charge in [-0.15, -0.1) is 11.3 Å². The van der Waals surface area contributed by atoms with Crippen molar-refractivity contribution in [2.24, 2.45) is 0 Å². The lowest BCUT2D eigenvalue weighted by atomic mass is 10.1. The molecule has 1 amide bonds. The molecule has 0 bridgehead atoms. The number of anilines is 1. The Balaban J connectivity index is 1.56. The van der Waals surface area contributed by atoms with Crippen LogP contribution in [0.5, 0.6) is 0 Å². The summed E-state index contributed by atoms with van der Waals surface area (Å²) in [6.45, 7) is 4.21. The maximum atomic E-state index is 12.1. The van der Waals surface area contributed by atoms with E-state index < -0.39 is 0 Å². The molecular weight excluding hydrogens is 390 g/mol. The maximum Gasteiger partial charge on any atom is 0.307 e. The molecule has 0 saturated heterocycles. The molecule has 3 aromatic rings. The van der Waals surface area contributed by atoms with Crippen molar-refractivity contribution in [3.05, 3.63) is 66.2 Å². The van der Waals surface area contributed by atoms with E-state index in [1.807, 2.05) is 32.0 Å². The minimum Gasteiger partial charge on any atom is -0.303 e. The zero-order valence-electron chi connectivity index (χ0n) is 14.4. The summed E-state index contributed by atoms with van der Waals surface area (Å²) in [5.41, 5.74) is 3.03. The van der Waals surface area contributed by atoms with Crippen LogP contribution in [0.3, 0.4) is 0 Å². The normalized spacial score (nSPS) is 10.9. The Kier molecular flexibility index (Phi) is 5.90. The fourth-order valence-corrected chi connectivity index (χ4v) is 4.29. The van der Waals surface area contributed by atoms with Crippen LogP contribution in [0.2, 0.25) is 5.02 Å². The average Bonchev–Trinajstić information content (AvgIpc) is 3.16. The molecular formula is C18H18ClN3O2S2. The van der Waals surface area contributed by atoms with Crippen LogP contribution in [0, 0.1) is 13.8 Å². The third-order valence-corrected chi connectivity index (χ3v) is 6.15. The van der Waals surface area contributed by atoms with Gasteiger partial charge in [0.1, 0.15) is 0 Å². The molecule has 5 nitrogen and oxygen atoms in total. The highest BCUT2D eigenvalue weighted by molar-refractivity contribution is 7.15. The molecule has 2 aromatic heterocycles. The number of halogens is 1. The zero-order chi connectivity index (χ0) is 18.7. The summed E-state index contributed by atoms with van der Waals surface area (Å²) in [7, 11) is 0. The van der Waals surface area contributed by atoms with Crippen LogP contribution in [0.15, 0.2) is 34.6 Å². The molecule has 2 heterocycles. The van der Waals surface area contributed by atoms with Crippen molar-refractivity contribution in [3.63, 3.8) is 0 Å². The van der Waals surface area contributed by atoms with Gasteiger partial charge in [-0.2, -0.15) is 0 Å². The highest BCUT2D eigenvalue weighted by Crippen LogP contribution is 2.24. The summed E-state index contributed by atoms with van der Waals surface area (Å²) in [5.74, 6) is -0.151. The second-order valence-corrected chi connectivity index (χ2v) is 8.33. The Hall–Kier alpha value is -1.96. The number of nitrogens with one attached hydrogen (secondary N) is 1. The number of carbonyl (C=O) groups excluding carboxylic acids is 1. The van der Waals surface area contributed by atoms with Crippen molar-refractivity contribution >= 4 is 45.3 Å². The molecule has 0 spiro atoms. The summed E-state index contributed by atoms with van der Waals surface area (Å²) in [4.78, 5) is 29.0. The van der Waals surface area contributed by atoms with Gasteiger partial charge in [0.15, 0.2) is 5.13 Å². The molecule has 1 aromatic carbocycles. The lowest BCUT2D eigenvalue weighted by Gasteiger charge is -2.04. The van der Waals surface area contributed by atoms with Crippen molar-refractivity contribution < 1.29 is 4.79 Å². The molecule has 0 atom stereocenters. The van der Waals surface area contributed by atoms with E-state index in [9.17, 15) is 9.59 Å². The maximum absolute atomic E-state index is 12.1. The molecule has 136 valence electrons. The highest BCUT2D eigenvalue weighted by atomic mass is 35.5. The molecule has 0 aliphatic heterocycles. The SMILES string of the molecule is Cc1ccc(Cc2cnc(NC(=O)CCn3c(C)csc3=O)s2)cc1Cl. The van der Waals surface area contributed by atoms with Crippen LogP contribution in [0.1, 0.15) is 28.1 Å². The van der Waals surface area contributed by atoms with Crippen LogP contribution in [-0.2, 0) is 17.8 Å². The van der Waals surface area contributed by atoms with Crippen LogP contribution >= 0.6 is 34.3 Å². The topological polar surface area (TPSA) is 64.0 Å². The summed E-state index contributed by atoms with van der Waals surface area (Å²) in [6.07, 6.45) is 2.72. The van der Waals surface area contributed by atoms with E-state index in [2.05, 4.69) is 10.3 Å². The fraction of sp³-hybridized carbons (Fsp3) is 0.278. The van der Waals surface area contributed by atoms with Gasteiger partial charge in [0.2, 0.25) is 5.91 Å². The van der Waals surface area contributed by atoms with E-state index in [4.69, 9.17) is 11.6 Å². The van der Waals surface area contributed by atoms with Crippen molar-refractivity contribution in [1.29, 1.82) is 0 Å². The summed E-state index contributed by atoms with van der Waals surface area (Å²) in [6, 6.07) is 5.99. The molecule has 8 heteroatoms. The average molecular weight is 408 g/mol. The molecule has 0 radical (unpaired) electrons. The van der Waals surface area contributed by atoms with Crippen molar-refractivity contribution in [3.8, 4) is 0 Å². The molecule has 3 rings (SSSR count). The number of hydrogen-bond donors (Lipinski definition) is 1. The number of hydrogen-bond acceptors (Lipinski definition) is 5. The fourth-order valence-electron chi connectivity index (χ4n) is 2.46. The summed E-state index contributed by atoms with van der Waals surface area (Å²) >= 11 is 8.75. The number of amides is 1. The third-order valence-electron chi connectivity index (χ3n) is 3.95. The van der Waals surface area contributed by atoms with Crippen LogP contribution in [0.25, 0.3) is 0 Å². The number of aryl methyl sites for hydroxylation is 2. The number of rotatable bonds is 6. The quantitative estimate of drug-likeness (QED) is 0.664. The largest absolute Gasteiger partial charge is 0.307 e. The van der Waals surface area contributed by atoms with Crippen molar-refractivity contribution in [2.45, 2.75) is 33.2 Å². The number of thiazole rings is 2. The van der Waals surface area contributed by atoms with Gasteiger partial charge in [-0.3, -0.25) is 9.59 Å². The molecule has 1 N–H and O–H groups in total. The third kappa shape index (κ3) is 4.60. The molecule has 0 unspecified atom stereocenters. The van der Waals surface area contributed by atoms with Crippen molar-refractivity contribution in [1.82, 2.24) is 9.55 Å². The van der Waals surface area contributed by atoms with E-state index >= 15 is 0 Å². The van der Waals surface area contributed by atoms with E-state index in [0.29, 0.717) is 11.7 Å². The van der Waals surface area contributed by atoms with Gasteiger partial charge in [0.25, 0.3) is 0 Å². The van der Waals surface area contributed by atoms with Gasteiger partial charge in [0, 0.05) is 46.6 Å². The number of carbonyl (C=O) groups is 1. The Morgan fingerprint density at radius 1 is 1.35 bits per heavy atom. The number of benzene rings is 1. The lowest BCUT2D eigenvalue weighted by Crippen LogP contribution is -2.20. The van der Waals surface area contributed by atoms with Gasteiger partial charge in [-0.05, 0) is 31.0 Å². The summed E-state index contributed by atoms with van der Waals surface area (Å²) < 4.78 is 1.61. The second kappa shape index (κ2) is 8.16. The minimum absolute atomic E-state index is 0.0383. The van der Waals surface area contributed by atoms with Gasteiger partial charge in [-0.25, -0.2) is 4.98 Å². The predicted molar refractivity (Wildman–Crippen MR) is 108 cm³/mol. The first-order valence-electron chi connectivity index (χ1n) is 8.07.